The third-order valence-corrected chi connectivity index (χ3v) is 9.50. The molecule has 0 aliphatic rings. The molecule has 2 nitrogen and oxygen atoms in total. The molecule has 0 aromatic rings. The lowest BCUT2D eigenvalue weighted by Crippen LogP contribution is -2.05. The van der Waals surface area contributed by atoms with Crippen molar-refractivity contribution in [3.05, 3.63) is 0 Å². The first kappa shape index (κ1) is 42.5. The van der Waals surface area contributed by atoms with E-state index in [0.29, 0.717) is 13.0 Å². The molecule has 0 saturated carbocycles. The molecule has 0 aromatic carbocycles. The number of carbonyl (C=O) groups excluding carboxylic acids is 1. The summed E-state index contributed by atoms with van der Waals surface area (Å²) in [5.74, 6) is 0.0289. The lowest BCUT2D eigenvalue weighted by molar-refractivity contribution is -0.143. The van der Waals surface area contributed by atoms with Crippen LogP contribution >= 0.6 is 0 Å². The van der Waals surface area contributed by atoms with E-state index < -0.39 is 0 Å². The molecule has 0 aliphatic carbocycles. The van der Waals surface area contributed by atoms with Crippen molar-refractivity contribution >= 4 is 5.97 Å². The predicted molar refractivity (Wildman–Crippen MR) is 193 cm³/mol. The van der Waals surface area contributed by atoms with E-state index in [1.165, 1.54) is 218 Å². The van der Waals surface area contributed by atoms with E-state index >= 15 is 0 Å². The zero-order valence-corrected chi connectivity index (χ0v) is 30.2. The van der Waals surface area contributed by atoms with Crippen LogP contribution in [0.4, 0.5) is 0 Å². The van der Waals surface area contributed by atoms with E-state index in [4.69, 9.17) is 4.74 Å². The summed E-state index contributed by atoms with van der Waals surface area (Å²) in [6.07, 6.45) is 50.5. The first-order chi connectivity index (χ1) is 21.3. The fourth-order valence-corrected chi connectivity index (χ4v) is 6.43. The lowest BCUT2D eigenvalue weighted by atomic mass is 10.0. The van der Waals surface area contributed by atoms with Crippen LogP contribution in [0.3, 0.4) is 0 Å². The first-order valence-corrected chi connectivity index (χ1v) is 20.5. The molecule has 0 aromatic heterocycles. The Morgan fingerprint density at radius 1 is 0.302 bits per heavy atom. The summed E-state index contributed by atoms with van der Waals surface area (Å²) in [5.41, 5.74) is 0. The number of carbonyl (C=O) groups is 1. The SMILES string of the molecule is CCCCCCCCCCCCCCCCCCCCCCCCCCOC(=O)CCCCCCCCCCCCCC. The Labute approximate surface area is 273 Å². The smallest absolute Gasteiger partial charge is 0.305 e. The van der Waals surface area contributed by atoms with Gasteiger partial charge in [-0.05, 0) is 12.8 Å². The second-order valence-corrected chi connectivity index (χ2v) is 14.0. The standard InChI is InChI=1S/C41H82O2/c1-3-5-7-9-11-13-15-17-18-19-20-21-22-23-24-25-26-27-28-30-32-34-36-38-40-43-41(42)39-37-35-33-31-29-16-14-12-10-8-6-4-2/h3-40H2,1-2H3. The Hall–Kier alpha value is -0.530. The van der Waals surface area contributed by atoms with Gasteiger partial charge >= 0.3 is 5.97 Å². The van der Waals surface area contributed by atoms with Crippen LogP contribution in [0.25, 0.3) is 0 Å². The van der Waals surface area contributed by atoms with Crippen LogP contribution in [0.15, 0.2) is 0 Å². The van der Waals surface area contributed by atoms with Gasteiger partial charge in [0.05, 0.1) is 6.61 Å². The van der Waals surface area contributed by atoms with Crippen molar-refractivity contribution in [2.75, 3.05) is 6.61 Å². The van der Waals surface area contributed by atoms with Gasteiger partial charge in [-0.2, -0.15) is 0 Å². The zero-order valence-electron chi connectivity index (χ0n) is 30.2. The van der Waals surface area contributed by atoms with Gasteiger partial charge in [-0.15, -0.1) is 0 Å². The molecule has 0 spiro atoms. The summed E-state index contributed by atoms with van der Waals surface area (Å²) in [5, 5.41) is 0. The van der Waals surface area contributed by atoms with Gasteiger partial charge in [-0.1, -0.05) is 232 Å². The van der Waals surface area contributed by atoms with Gasteiger partial charge < -0.3 is 4.74 Å². The molecule has 2 heteroatoms. The van der Waals surface area contributed by atoms with Crippen LogP contribution in [0, 0.1) is 0 Å². The molecule has 0 saturated heterocycles. The van der Waals surface area contributed by atoms with E-state index in [2.05, 4.69) is 13.8 Å². The number of hydrogen-bond acceptors (Lipinski definition) is 2. The van der Waals surface area contributed by atoms with E-state index in [1.807, 2.05) is 0 Å². The summed E-state index contributed by atoms with van der Waals surface area (Å²) in [4.78, 5) is 11.9. The maximum atomic E-state index is 11.9. The maximum Gasteiger partial charge on any atom is 0.305 e. The summed E-state index contributed by atoms with van der Waals surface area (Å²) in [6, 6.07) is 0. The Morgan fingerprint density at radius 2 is 0.512 bits per heavy atom. The summed E-state index contributed by atoms with van der Waals surface area (Å²) < 4.78 is 5.45. The number of unbranched alkanes of at least 4 members (excludes halogenated alkanes) is 34. The highest BCUT2D eigenvalue weighted by atomic mass is 16.5. The van der Waals surface area contributed by atoms with Crippen molar-refractivity contribution in [1.82, 2.24) is 0 Å². The Bertz CT molecular complexity index is 502. The monoisotopic (exact) mass is 607 g/mol. The molecule has 43 heavy (non-hydrogen) atoms. The van der Waals surface area contributed by atoms with Gasteiger partial charge in [0.2, 0.25) is 0 Å². The largest absolute Gasteiger partial charge is 0.466 e. The molecule has 258 valence electrons. The van der Waals surface area contributed by atoms with E-state index in [-0.39, 0.29) is 5.97 Å². The molecule has 0 unspecified atom stereocenters. The predicted octanol–water partition coefficient (Wildman–Crippen LogP) is 15.0. The minimum Gasteiger partial charge on any atom is -0.466 e. The molecule has 0 radical (unpaired) electrons. The van der Waals surface area contributed by atoms with Crippen molar-refractivity contribution in [2.45, 2.75) is 251 Å². The van der Waals surface area contributed by atoms with Crippen LogP contribution in [-0.4, -0.2) is 12.6 Å². The van der Waals surface area contributed by atoms with Crippen LogP contribution in [0.1, 0.15) is 251 Å². The third-order valence-electron chi connectivity index (χ3n) is 9.50. The number of ether oxygens (including phenoxy) is 1. The summed E-state index contributed by atoms with van der Waals surface area (Å²) in [7, 11) is 0. The Balaban J connectivity index is 3.12. The highest BCUT2D eigenvalue weighted by Gasteiger charge is 2.03. The molecule has 0 bridgehead atoms. The number of esters is 1. The summed E-state index contributed by atoms with van der Waals surface area (Å²) in [6.45, 7) is 5.22. The van der Waals surface area contributed by atoms with Crippen molar-refractivity contribution < 1.29 is 9.53 Å². The Morgan fingerprint density at radius 3 is 0.767 bits per heavy atom. The molecule has 0 rings (SSSR count). The van der Waals surface area contributed by atoms with Crippen molar-refractivity contribution in [1.29, 1.82) is 0 Å². The van der Waals surface area contributed by atoms with Gasteiger partial charge in [0.15, 0.2) is 0 Å². The Kier molecular flexibility index (Phi) is 39.0. The normalized spacial score (nSPS) is 11.4. The van der Waals surface area contributed by atoms with E-state index in [9.17, 15) is 4.79 Å². The van der Waals surface area contributed by atoms with Crippen molar-refractivity contribution in [3.63, 3.8) is 0 Å². The third kappa shape index (κ3) is 39.4. The molecule has 0 N–H and O–H groups in total. The molecule has 0 fully saturated rings. The summed E-state index contributed by atoms with van der Waals surface area (Å²) >= 11 is 0. The fraction of sp³-hybridized carbons (Fsp3) is 0.976. The molecular formula is C41H82O2. The minimum atomic E-state index is 0.0289. The molecular weight excluding hydrogens is 524 g/mol. The van der Waals surface area contributed by atoms with Gasteiger partial charge in [0, 0.05) is 6.42 Å². The average Bonchev–Trinajstić information content (AvgIpc) is 3.01. The fourth-order valence-electron chi connectivity index (χ4n) is 6.43. The average molecular weight is 607 g/mol. The quantitative estimate of drug-likeness (QED) is 0.0516. The second-order valence-electron chi connectivity index (χ2n) is 14.0. The zero-order chi connectivity index (χ0) is 31.2. The number of rotatable bonds is 38. The highest BCUT2D eigenvalue weighted by Crippen LogP contribution is 2.16. The van der Waals surface area contributed by atoms with Gasteiger partial charge in [0.1, 0.15) is 0 Å². The molecule has 0 heterocycles. The highest BCUT2D eigenvalue weighted by molar-refractivity contribution is 5.69. The first-order valence-electron chi connectivity index (χ1n) is 20.5. The van der Waals surface area contributed by atoms with Gasteiger partial charge in [-0.3, -0.25) is 4.79 Å². The lowest BCUT2D eigenvalue weighted by Gasteiger charge is -2.06. The van der Waals surface area contributed by atoms with Gasteiger partial charge in [-0.25, -0.2) is 0 Å². The molecule has 0 atom stereocenters. The van der Waals surface area contributed by atoms with Crippen molar-refractivity contribution in [3.8, 4) is 0 Å². The number of hydrogen-bond donors (Lipinski definition) is 0. The topological polar surface area (TPSA) is 26.3 Å². The molecule has 0 amide bonds. The van der Waals surface area contributed by atoms with Crippen molar-refractivity contribution in [2.24, 2.45) is 0 Å². The van der Waals surface area contributed by atoms with Crippen LogP contribution in [-0.2, 0) is 9.53 Å². The van der Waals surface area contributed by atoms with Crippen LogP contribution < -0.4 is 0 Å². The van der Waals surface area contributed by atoms with Gasteiger partial charge in [0.25, 0.3) is 0 Å². The van der Waals surface area contributed by atoms with E-state index in [1.54, 1.807) is 0 Å². The minimum absolute atomic E-state index is 0.0289. The maximum absolute atomic E-state index is 11.9. The van der Waals surface area contributed by atoms with Crippen LogP contribution in [0.2, 0.25) is 0 Å². The second kappa shape index (κ2) is 39.5. The molecule has 0 aliphatic heterocycles. The van der Waals surface area contributed by atoms with E-state index in [0.717, 1.165) is 12.8 Å². The van der Waals surface area contributed by atoms with Crippen LogP contribution in [0.5, 0.6) is 0 Å².